The number of ether oxygens (including phenoxy) is 1. The summed E-state index contributed by atoms with van der Waals surface area (Å²) in [5.74, 6) is 0.563. The summed E-state index contributed by atoms with van der Waals surface area (Å²) in [6.45, 7) is 2.35. The third kappa shape index (κ3) is 5.39. The highest BCUT2D eigenvalue weighted by Crippen LogP contribution is 2.14. The smallest absolute Gasteiger partial charge is 0.220 e. The minimum atomic E-state index is 0. The average Bonchev–Trinajstić information content (AvgIpc) is 2.45. The SMILES string of the molecule is Cl.Nc1ccccc1CCC(=O)NCC1CCCOC1. The van der Waals surface area contributed by atoms with Crippen molar-refractivity contribution < 1.29 is 9.53 Å². The first-order chi connectivity index (χ1) is 9.25. The second-order valence-corrected chi connectivity index (χ2v) is 5.09. The van der Waals surface area contributed by atoms with Crippen molar-refractivity contribution in [2.75, 3.05) is 25.5 Å². The molecule has 0 spiro atoms. The van der Waals surface area contributed by atoms with Gasteiger partial charge in [0.15, 0.2) is 0 Å². The lowest BCUT2D eigenvalue weighted by Gasteiger charge is -2.22. The molecule has 1 aliphatic rings. The standard InChI is InChI=1S/C15H22N2O2.ClH/c16-14-6-2-1-5-13(14)7-8-15(18)17-10-12-4-3-9-19-11-12;/h1-2,5-6,12H,3-4,7-11,16H2,(H,17,18);1H. The Morgan fingerprint density at radius 1 is 1.40 bits per heavy atom. The average molecular weight is 299 g/mol. The molecule has 20 heavy (non-hydrogen) atoms. The number of hydrogen-bond acceptors (Lipinski definition) is 3. The van der Waals surface area contributed by atoms with Gasteiger partial charge in [-0.15, -0.1) is 12.4 Å². The van der Waals surface area contributed by atoms with E-state index in [9.17, 15) is 4.79 Å². The Hall–Kier alpha value is -1.26. The molecule has 0 bridgehead atoms. The lowest BCUT2D eigenvalue weighted by atomic mass is 10.0. The number of para-hydroxylation sites is 1. The monoisotopic (exact) mass is 298 g/mol. The molecule has 0 radical (unpaired) electrons. The molecule has 1 aromatic rings. The van der Waals surface area contributed by atoms with E-state index in [0.717, 1.165) is 43.9 Å². The van der Waals surface area contributed by atoms with Gasteiger partial charge in [0, 0.05) is 25.3 Å². The minimum Gasteiger partial charge on any atom is -0.399 e. The zero-order valence-electron chi connectivity index (χ0n) is 11.6. The Balaban J connectivity index is 0.00000200. The van der Waals surface area contributed by atoms with Gasteiger partial charge < -0.3 is 15.8 Å². The van der Waals surface area contributed by atoms with Crippen molar-refractivity contribution in [3.8, 4) is 0 Å². The first-order valence-electron chi connectivity index (χ1n) is 6.93. The normalized spacial score (nSPS) is 18.1. The van der Waals surface area contributed by atoms with Crippen molar-refractivity contribution in [2.24, 2.45) is 5.92 Å². The van der Waals surface area contributed by atoms with E-state index < -0.39 is 0 Å². The molecular weight excluding hydrogens is 276 g/mol. The third-order valence-corrected chi connectivity index (χ3v) is 3.52. The van der Waals surface area contributed by atoms with Crippen LogP contribution in [-0.4, -0.2) is 25.7 Å². The zero-order chi connectivity index (χ0) is 13.5. The molecule has 1 aromatic carbocycles. The Kier molecular flexibility index (Phi) is 7.41. The summed E-state index contributed by atoms with van der Waals surface area (Å²) in [5.41, 5.74) is 7.65. The summed E-state index contributed by atoms with van der Waals surface area (Å²) in [4.78, 5) is 11.8. The lowest BCUT2D eigenvalue weighted by Crippen LogP contribution is -2.33. The summed E-state index contributed by atoms with van der Waals surface area (Å²) in [6.07, 6.45) is 3.43. The number of aryl methyl sites for hydroxylation is 1. The van der Waals surface area contributed by atoms with E-state index in [2.05, 4.69) is 5.32 Å². The number of nitrogens with one attached hydrogen (secondary N) is 1. The fraction of sp³-hybridized carbons (Fsp3) is 0.533. The van der Waals surface area contributed by atoms with Gasteiger partial charge in [0.25, 0.3) is 0 Å². The number of anilines is 1. The number of benzene rings is 1. The molecule has 1 heterocycles. The van der Waals surface area contributed by atoms with Gasteiger partial charge in [0.05, 0.1) is 6.61 Å². The highest BCUT2D eigenvalue weighted by atomic mass is 35.5. The zero-order valence-corrected chi connectivity index (χ0v) is 12.5. The van der Waals surface area contributed by atoms with E-state index in [1.807, 2.05) is 24.3 Å². The van der Waals surface area contributed by atoms with Crippen LogP contribution in [0.15, 0.2) is 24.3 Å². The van der Waals surface area contributed by atoms with Crippen LogP contribution in [0.3, 0.4) is 0 Å². The molecule has 1 atom stereocenters. The fourth-order valence-electron chi connectivity index (χ4n) is 2.33. The summed E-state index contributed by atoms with van der Waals surface area (Å²) >= 11 is 0. The van der Waals surface area contributed by atoms with Gasteiger partial charge in [0.2, 0.25) is 5.91 Å². The van der Waals surface area contributed by atoms with E-state index in [-0.39, 0.29) is 18.3 Å². The predicted octanol–water partition coefficient (Wildman–Crippen LogP) is 2.17. The Labute approximate surface area is 126 Å². The van der Waals surface area contributed by atoms with Gasteiger partial charge in [-0.25, -0.2) is 0 Å². The first-order valence-corrected chi connectivity index (χ1v) is 6.93. The molecule has 1 aliphatic heterocycles. The highest BCUT2D eigenvalue weighted by molar-refractivity contribution is 5.85. The van der Waals surface area contributed by atoms with Crippen molar-refractivity contribution in [2.45, 2.75) is 25.7 Å². The minimum absolute atomic E-state index is 0. The number of hydrogen-bond donors (Lipinski definition) is 2. The van der Waals surface area contributed by atoms with Crippen LogP contribution >= 0.6 is 12.4 Å². The van der Waals surface area contributed by atoms with E-state index in [4.69, 9.17) is 10.5 Å². The summed E-state index contributed by atoms with van der Waals surface area (Å²) in [5, 5.41) is 2.98. The number of nitrogen functional groups attached to an aromatic ring is 1. The van der Waals surface area contributed by atoms with Crippen LogP contribution in [0.25, 0.3) is 0 Å². The quantitative estimate of drug-likeness (QED) is 0.819. The maximum Gasteiger partial charge on any atom is 0.220 e. The summed E-state index contributed by atoms with van der Waals surface area (Å²) < 4.78 is 5.39. The summed E-state index contributed by atoms with van der Waals surface area (Å²) in [6, 6.07) is 7.69. The van der Waals surface area contributed by atoms with Crippen LogP contribution in [0.5, 0.6) is 0 Å². The van der Waals surface area contributed by atoms with E-state index in [1.165, 1.54) is 0 Å². The van der Waals surface area contributed by atoms with Crippen molar-refractivity contribution in [3.05, 3.63) is 29.8 Å². The molecule has 1 saturated heterocycles. The van der Waals surface area contributed by atoms with E-state index in [1.54, 1.807) is 0 Å². The number of nitrogens with two attached hydrogens (primary N) is 1. The Morgan fingerprint density at radius 3 is 2.90 bits per heavy atom. The van der Waals surface area contributed by atoms with Crippen molar-refractivity contribution in [3.63, 3.8) is 0 Å². The van der Waals surface area contributed by atoms with Crippen LogP contribution in [0, 0.1) is 5.92 Å². The van der Waals surface area contributed by atoms with Gasteiger partial charge in [-0.2, -0.15) is 0 Å². The van der Waals surface area contributed by atoms with Crippen molar-refractivity contribution in [1.29, 1.82) is 0 Å². The predicted molar refractivity (Wildman–Crippen MR) is 83.0 cm³/mol. The van der Waals surface area contributed by atoms with Gasteiger partial charge in [-0.1, -0.05) is 18.2 Å². The van der Waals surface area contributed by atoms with Crippen LogP contribution in [-0.2, 0) is 16.0 Å². The van der Waals surface area contributed by atoms with Crippen LogP contribution in [0.4, 0.5) is 5.69 Å². The summed E-state index contributed by atoms with van der Waals surface area (Å²) in [7, 11) is 0. The number of halogens is 1. The van der Waals surface area contributed by atoms with Gasteiger partial charge in [-0.3, -0.25) is 4.79 Å². The Bertz CT molecular complexity index is 420. The van der Waals surface area contributed by atoms with E-state index in [0.29, 0.717) is 18.8 Å². The molecule has 0 aliphatic carbocycles. The van der Waals surface area contributed by atoms with Gasteiger partial charge >= 0.3 is 0 Å². The highest BCUT2D eigenvalue weighted by Gasteiger charge is 2.14. The largest absolute Gasteiger partial charge is 0.399 e. The molecule has 1 fully saturated rings. The molecule has 1 amide bonds. The number of carbonyl (C=O) groups is 1. The Morgan fingerprint density at radius 2 is 2.20 bits per heavy atom. The molecule has 4 nitrogen and oxygen atoms in total. The molecule has 0 aromatic heterocycles. The van der Waals surface area contributed by atoms with Crippen LogP contribution < -0.4 is 11.1 Å². The molecule has 5 heteroatoms. The number of carbonyl (C=O) groups excluding carboxylic acids is 1. The first kappa shape index (κ1) is 16.8. The van der Waals surface area contributed by atoms with Crippen molar-refractivity contribution >= 4 is 24.0 Å². The molecule has 3 N–H and O–H groups in total. The van der Waals surface area contributed by atoms with Gasteiger partial charge in [-0.05, 0) is 36.8 Å². The number of amides is 1. The molecule has 1 unspecified atom stereocenters. The second-order valence-electron chi connectivity index (χ2n) is 5.09. The third-order valence-electron chi connectivity index (χ3n) is 3.52. The topological polar surface area (TPSA) is 64.4 Å². The molecule has 0 saturated carbocycles. The number of rotatable bonds is 5. The van der Waals surface area contributed by atoms with E-state index >= 15 is 0 Å². The fourth-order valence-corrected chi connectivity index (χ4v) is 2.33. The van der Waals surface area contributed by atoms with Crippen LogP contribution in [0.1, 0.15) is 24.8 Å². The van der Waals surface area contributed by atoms with Crippen LogP contribution in [0.2, 0.25) is 0 Å². The lowest BCUT2D eigenvalue weighted by molar-refractivity contribution is -0.121. The van der Waals surface area contributed by atoms with Gasteiger partial charge in [0.1, 0.15) is 0 Å². The molecule has 2 rings (SSSR count). The second kappa shape index (κ2) is 8.82. The molecule has 112 valence electrons. The molecular formula is C15H23ClN2O2. The maximum absolute atomic E-state index is 11.8. The maximum atomic E-state index is 11.8. The van der Waals surface area contributed by atoms with Crippen molar-refractivity contribution in [1.82, 2.24) is 5.32 Å².